The molecule has 0 fully saturated rings. The van der Waals surface area contributed by atoms with Crippen LogP contribution in [0.2, 0.25) is 0 Å². The molecule has 0 radical (unpaired) electrons. The van der Waals surface area contributed by atoms with Crippen LogP contribution in [-0.4, -0.2) is 57.4 Å². The molecule has 0 atom stereocenters. The van der Waals surface area contributed by atoms with Crippen LogP contribution in [0.1, 0.15) is 27.2 Å². The van der Waals surface area contributed by atoms with Crippen LogP contribution in [0.5, 0.6) is 0 Å². The molecule has 0 aromatic rings. The Bertz CT molecular complexity index is 339. The van der Waals surface area contributed by atoms with E-state index in [1.807, 2.05) is 0 Å². The summed E-state index contributed by atoms with van der Waals surface area (Å²) in [6.07, 6.45) is 0.408. The summed E-state index contributed by atoms with van der Waals surface area (Å²) in [6, 6.07) is -0.276. The van der Waals surface area contributed by atoms with Gasteiger partial charge in [0.15, 0.2) is 0 Å². The Labute approximate surface area is 109 Å². The van der Waals surface area contributed by atoms with Gasteiger partial charge in [0.2, 0.25) is 10.0 Å². The van der Waals surface area contributed by atoms with Crippen molar-refractivity contribution in [3.05, 3.63) is 0 Å². The van der Waals surface area contributed by atoms with Crippen LogP contribution in [0.4, 0.5) is 0 Å². The van der Waals surface area contributed by atoms with E-state index in [9.17, 15) is 13.2 Å². The van der Waals surface area contributed by atoms with E-state index in [0.29, 0.717) is 13.0 Å². The molecule has 18 heavy (non-hydrogen) atoms. The highest BCUT2D eigenvalue weighted by atomic mass is 32.2. The van der Waals surface area contributed by atoms with Gasteiger partial charge in [-0.3, -0.25) is 4.79 Å². The summed E-state index contributed by atoms with van der Waals surface area (Å²) < 4.78 is 34.9. The summed E-state index contributed by atoms with van der Waals surface area (Å²) in [6.45, 7) is 5.53. The van der Waals surface area contributed by atoms with Crippen molar-refractivity contribution in [2.45, 2.75) is 33.2 Å². The zero-order valence-electron chi connectivity index (χ0n) is 11.5. The number of carbonyl (C=O) groups is 1. The topological polar surface area (TPSA) is 72.9 Å². The average molecular weight is 281 g/mol. The lowest BCUT2D eigenvalue weighted by atomic mass is 10.4. The molecule has 0 aromatic heterocycles. The minimum atomic E-state index is -3.45. The van der Waals surface area contributed by atoms with Crippen LogP contribution >= 0.6 is 0 Å². The average Bonchev–Trinajstić information content (AvgIpc) is 2.26. The molecule has 0 rings (SSSR count). The Morgan fingerprint density at radius 1 is 1.33 bits per heavy atom. The summed E-state index contributed by atoms with van der Waals surface area (Å²) in [5, 5.41) is 0. The second kappa shape index (κ2) is 8.44. The van der Waals surface area contributed by atoms with Gasteiger partial charge in [-0.1, -0.05) is 0 Å². The van der Waals surface area contributed by atoms with Crippen molar-refractivity contribution in [2.24, 2.45) is 0 Å². The van der Waals surface area contributed by atoms with Crippen molar-refractivity contribution in [1.29, 1.82) is 0 Å². The number of esters is 1. The lowest BCUT2D eigenvalue weighted by Crippen LogP contribution is -2.42. The van der Waals surface area contributed by atoms with Crippen molar-refractivity contribution >= 4 is 16.0 Å². The van der Waals surface area contributed by atoms with Crippen LogP contribution < -0.4 is 0 Å². The van der Waals surface area contributed by atoms with Crippen LogP contribution in [0.15, 0.2) is 0 Å². The summed E-state index contributed by atoms with van der Waals surface area (Å²) in [5.74, 6) is -0.556. The molecule has 0 amide bonds. The second-order valence-corrected chi connectivity index (χ2v) is 6.15. The van der Waals surface area contributed by atoms with Gasteiger partial charge < -0.3 is 9.47 Å². The van der Waals surface area contributed by atoms with Crippen molar-refractivity contribution in [2.75, 3.05) is 32.6 Å². The van der Waals surface area contributed by atoms with Gasteiger partial charge >= 0.3 is 5.97 Å². The number of methoxy groups -OCH3 is 1. The number of hydrogen-bond donors (Lipinski definition) is 0. The van der Waals surface area contributed by atoms with Crippen LogP contribution in [0.3, 0.4) is 0 Å². The molecule has 7 heteroatoms. The predicted octanol–water partition coefficient (Wildman–Crippen LogP) is 0.626. The molecule has 0 saturated heterocycles. The molecule has 0 heterocycles. The monoisotopic (exact) mass is 281 g/mol. The fourth-order valence-corrected chi connectivity index (χ4v) is 3.10. The Balaban J connectivity index is 4.62. The van der Waals surface area contributed by atoms with Gasteiger partial charge in [-0.2, -0.15) is 4.31 Å². The highest BCUT2D eigenvalue weighted by Crippen LogP contribution is 2.09. The summed E-state index contributed by atoms with van der Waals surface area (Å²) in [7, 11) is -1.94. The number of sulfonamides is 1. The van der Waals surface area contributed by atoms with E-state index in [1.165, 1.54) is 11.4 Å². The molecule has 0 spiro atoms. The lowest BCUT2D eigenvalue weighted by molar-refractivity contribution is -0.143. The molecule has 0 aliphatic carbocycles. The molecular formula is C11H23NO5S. The Kier molecular flexibility index (Phi) is 8.13. The zero-order valence-corrected chi connectivity index (χ0v) is 12.3. The van der Waals surface area contributed by atoms with Gasteiger partial charge in [0.1, 0.15) is 6.54 Å². The second-order valence-electron chi connectivity index (χ2n) is 4.11. The first-order valence-electron chi connectivity index (χ1n) is 5.99. The maximum absolute atomic E-state index is 12.0. The molecule has 0 bridgehead atoms. The van der Waals surface area contributed by atoms with Gasteiger partial charge in [-0.05, 0) is 27.2 Å². The lowest BCUT2D eigenvalue weighted by Gasteiger charge is -2.24. The first kappa shape index (κ1) is 17.3. The van der Waals surface area contributed by atoms with E-state index in [2.05, 4.69) is 0 Å². The molecule has 6 nitrogen and oxygen atoms in total. The van der Waals surface area contributed by atoms with Gasteiger partial charge in [0, 0.05) is 19.8 Å². The fraction of sp³-hybridized carbons (Fsp3) is 0.909. The van der Waals surface area contributed by atoms with E-state index in [-0.39, 0.29) is 24.9 Å². The number of nitrogens with zero attached hydrogens (tertiary/aromatic N) is 1. The fourth-order valence-electron chi connectivity index (χ4n) is 1.44. The predicted molar refractivity (Wildman–Crippen MR) is 68.8 cm³/mol. The molecular weight excluding hydrogens is 258 g/mol. The molecule has 0 saturated carbocycles. The normalized spacial score (nSPS) is 12.1. The number of hydrogen-bond acceptors (Lipinski definition) is 5. The molecule has 0 aliphatic rings. The minimum absolute atomic E-state index is 0.0293. The summed E-state index contributed by atoms with van der Waals surface area (Å²) >= 11 is 0. The van der Waals surface area contributed by atoms with Crippen LogP contribution in [-0.2, 0) is 24.3 Å². The highest BCUT2D eigenvalue weighted by molar-refractivity contribution is 7.89. The van der Waals surface area contributed by atoms with E-state index in [4.69, 9.17) is 9.47 Å². The van der Waals surface area contributed by atoms with E-state index >= 15 is 0 Å². The third-order valence-electron chi connectivity index (χ3n) is 2.27. The molecule has 0 aliphatic heterocycles. The van der Waals surface area contributed by atoms with Gasteiger partial charge in [-0.25, -0.2) is 8.42 Å². The van der Waals surface area contributed by atoms with Crippen LogP contribution in [0, 0.1) is 0 Å². The molecule has 0 N–H and O–H groups in total. The highest BCUT2D eigenvalue weighted by Gasteiger charge is 2.27. The SMILES string of the molecule is CCOC(=O)CN(C(C)C)S(=O)(=O)CCCOC. The first-order chi connectivity index (χ1) is 8.35. The third-order valence-corrected chi connectivity index (χ3v) is 4.34. The van der Waals surface area contributed by atoms with Gasteiger partial charge in [-0.15, -0.1) is 0 Å². The van der Waals surface area contributed by atoms with Crippen LogP contribution in [0.25, 0.3) is 0 Å². The quantitative estimate of drug-likeness (QED) is 0.458. The first-order valence-corrected chi connectivity index (χ1v) is 7.60. The van der Waals surface area contributed by atoms with Crippen molar-refractivity contribution in [1.82, 2.24) is 4.31 Å². The zero-order chi connectivity index (χ0) is 14.2. The Hall–Kier alpha value is -0.660. The minimum Gasteiger partial charge on any atom is -0.465 e. The number of ether oxygens (including phenoxy) is 2. The molecule has 0 aromatic carbocycles. The third kappa shape index (κ3) is 6.32. The largest absolute Gasteiger partial charge is 0.465 e. The number of carbonyl (C=O) groups excluding carboxylic acids is 1. The molecule has 0 unspecified atom stereocenters. The molecule has 108 valence electrons. The van der Waals surface area contributed by atoms with Crippen molar-refractivity contribution < 1.29 is 22.7 Å². The van der Waals surface area contributed by atoms with E-state index in [0.717, 1.165) is 0 Å². The van der Waals surface area contributed by atoms with E-state index in [1.54, 1.807) is 20.8 Å². The standard InChI is InChI=1S/C11H23NO5S/c1-5-17-11(13)9-12(10(2)3)18(14,15)8-6-7-16-4/h10H,5-9H2,1-4H3. The Morgan fingerprint density at radius 2 is 1.94 bits per heavy atom. The maximum Gasteiger partial charge on any atom is 0.321 e. The smallest absolute Gasteiger partial charge is 0.321 e. The van der Waals surface area contributed by atoms with Gasteiger partial charge in [0.05, 0.1) is 12.4 Å². The van der Waals surface area contributed by atoms with Crippen molar-refractivity contribution in [3.8, 4) is 0 Å². The van der Waals surface area contributed by atoms with Crippen molar-refractivity contribution in [3.63, 3.8) is 0 Å². The van der Waals surface area contributed by atoms with E-state index < -0.39 is 16.0 Å². The summed E-state index contributed by atoms with van der Waals surface area (Å²) in [4.78, 5) is 11.4. The maximum atomic E-state index is 12.0. The van der Waals surface area contributed by atoms with Gasteiger partial charge in [0.25, 0.3) is 0 Å². The summed E-state index contributed by atoms with van der Waals surface area (Å²) in [5.41, 5.74) is 0. The number of rotatable bonds is 9. The Morgan fingerprint density at radius 3 is 2.39 bits per heavy atom.